The number of imide groups is 1. The minimum absolute atomic E-state index is 0.0952. The van der Waals surface area contributed by atoms with Crippen molar-refractivity contribution in [2.24, 2.45) is 17.8 Å². The molecule has 9 heteroatoms. The zero-order chi connectivity index (χ0) is 29.4. The van der Waals surface area contributed by atoms with E-state index in [1.165, 1.54) is 18.2 Å². The second-order valence-corrected chi connectivity index (χ2v) is 11.4. The number of hydrogen-bond donors (Lipinski definition) is 3. The van der Waals surface area contributed by atoms with Gasteiger partial charge in [-0.1, -0.05) is 54.1 Å². The first-order valence-electron chi connectivity index (χ1n) is 13.9. The molecule has 1 saturated heterocycles. The van der Waals surface area contributed by atoms with Crippen molar-refractivity contribution in [1.29, 1.82) is 0 Å². The summed E-state index contributed by atoms with van der Waals surface area (Å²) < 4.78 is 0. The number of aromatic hydroxyl groups is 1. The lowest BCUT2D eigenvalue weighted by Crippen LogP contribution is -2.40. The number of carbonyl (C=O) groups is 4. The van der Waals surface area contributed by atoms with E-state index in [0.29, 0.717) is 22.1 Å². The van der Waals surface area contributed by atoms with Crippen LogP contribution in [0.1, 0.15) is 31.2 Å². The van der Waals surface area contributed by atoms with Crippen LogP contribution in [0.3, 0.4) is 0 Å². The molecule has 0 aromatic heterocycles. The van der Waals surface area contributed by atoms with Crippen molar-refractivity contribution in [1.82, 2.24) is 0 Å². The van der Waals surface area contributed by atoms with E-state index >= 15 is 0 Å². The molecule has 1 aliphatic heterocycles. The Morgan fingerprint density at radius 3 is 2.40 bits per heavy atom. The first kappa shape index (κ1) is 26.3. The van der Waals surface area contributed by atoms with E-state index in [4.69, 9.17) is 0 Å². The number of hydrogen-bond acceptors (Lipinski definition) is 7. The van der Waals surface area contributed by atoms with Gasteiger partial charge in [-0.25, -0.2) is 0 Å². The van der Waals surface area contributed by atoms with Crippen molar-refractivity contribution >= 4 is 52.4 Å². The number of anilines is 1. The molecule has 208 valence electrons. The summed E-state index contributed by atoms with van der Waals surface area (Å²) in [7, 11) is -1.76. The quantitative estimate of drug-likeness (QED) is 0.195. The molecular weight excluding hydrogens is 533 g/mol. The van der Waals surface area contributed by atoms with Gasteiger partial charge in [0.05, 0.1) is 17.5 Å². The van der Waals surface area contributed by atoms with Gasteiger partial charge in [0.1, 0.15) is 5.75 Å². The molecular formula is C33H26BNO7. The van der Waals surface area contributed by atoms with Crippen LogP contribution in [0.5, 0.6) is 5.75 Å². The highest BCUT2D eigenvalue weighted by molar-refractivity contribution is 6.58. The molecule has 42 heavy (non-hydrogen) atoms. The van der Waals surface area contributed by atoms with Crippen molar-refractivity contribution in [3.63, 3.8) is 0 Å². The normalized spacial score (nSPS) is 25.3. The fourth-order valence-corrected chi connectivity index (χ4v) is 7.37. The van der Waals surface area contributed by atoms with Crippen LogP contribution in [0.25, 0.3) is 10.8 Å². The fraction of sp³-hybridized carbons (Fsp3) is 0.212. The third-order valence-corrected chi connectivity index (χ3v) is 9.23. The molecule has 1 heterocycles. The number of amides is 2. The van der Waals surface area contributed by atoms with Crippen LogP contribution >= 0.6 is 0 Å². The summed E-state index contributed by atoms with van der Waals surface area (Å²) in [4.78, 5) is 56.0. The second-order valence-electron chi connectivity index (χ2n) is 11.4. The van der Waals surface area contributed by atoms with Crippen LogP contribution in [-0.2, 0) is 19.2 Å². The molecule has 0 bridgehead atoms. The highest BCUT2D eigenvalue weighted by atomic mass is 16.4. The van der Waals surface area contributed by atoms with Crippen molar-refractivity contribution in [2.75, 3.05) is 4.90 Å². The molecule has 8 nitrogen and oxygen atoms in total. The van der Waals surface area contributed by atoms with E-state index in [0.717, 1.165) is 21.4 Å². The molecule has 1 fully saturated rings. The molecule has 0 unspecified atom stereocenters. The number of ketones is 2. The van der Waals surface area contributed by atoms with Gasteiger partial charge in [-0.15, -0.1) is 0 Å². The minimum Gasteiger partial charge on any atom is -0.507 e. The van der Waals surface area contributed by atoms with Crippen molar-refractivity contribution in [2.45, 2.75) is 25.7 Å². The smallest absolute Gasteiger partial charge is 0.488 e. The summed E-state index contributed by atoms with van der Waals surface area (Å²) in [5.41, 5.74) is 3.07. The Hall–Kier alpha value is -4.60. The number of phenols is 1. The SMILES string of the molecule is CC1=CC(=O)C2=C(C[C@@H]3C(=CC[C@@H]4C(=O)N(c5cccc(B(O)O)c5)C(=O)[C@@H]43)[C@@H]2c2ccc(O)c3ccccc23)C1=O. The van der Waals surface area contributed by atoms with Gasteiger partial charge in [-0.05, 0) is 66.4 Å². The largest absolute Gasteiger partial charge is 0.507 e. The molecule has 0 spiro atoms. The van der Waals surface area contributed by atoms with Gasteiger partial charge >= 0.3 is 7.12 Å². The highest BCUT2D eigenvalue weighted by Crippen LogP contribution is 2.56. The van der Waals surface area contributed by atoms with Gasteiger partial charge in [0.25, 0.3) is 0 Å². The lowest BCUT2D eigenvalue weighted by atomic mass is 9.59. The van der Waals surface area contributed by atoms with Gasteiger partial charge in [0.2, 0.25) is 11.8 Å². The Bertz CT molecular complexity index is 1850. The Balaban J connectivity index is 1.39. The molecule has 7 rings (SSSR count). The summed E-state index contributed by atoms with van der Waals surface area (Å²) in [6, 6.07) is 16.7. The fourth-order valence-electron chi connectivity index (χ4n) is 7.37. The standard InChI is InChI=1S/C33H26BNO7/c1-16-13-27(37)30-25(31(16)38)15-24-22(28(30)21-11-12-26(36)20-8-3-2-7-19(20)21)9-10-23-29(24)33(40)35(32(23)39)18-6-4-5-17(14-18)34(41)42/h2-9,11-14,23-24,28-29,36,41-42H,10,15H2,1H3/t23-,24+,28-,29-/m0/s1. The van der Waals surface area contributed by atoms with E-state index in [-0.39, 0.29) is 47.2 Å². The number of benzene rings is 3. The zero-order valence-corrected chi connectivity index (χ0v) is 22.7. The van der Waals surface area contributed by atoms with Crippen molar-refractivity contribution in [3.05, 3.63) is 101 Å². The number of nitrogens with zero attached hydrogens (tertiary/aromatic N) is 1. The Morgan fingerprint density at radius 2 is 1.64 bits per heavy atom. The van der Waals surface area contributed by atoms with E-state index in [2.05, 4.69) is 0 Å². The summed E-state index contributed by atoms with van der Waals surface area (Å²) in [5, 5.41) is 31.3. The Labute approximate surface area is 241 Å². The van der Waals surface area contributed by atoms with Crippen LogP contribution in [0, 0.1) is 17.8 Å². The maximum Gasteiger partial charge on any atom is 0.488 e. The predicted octanol–water partition coefficient (Wildman–Crippen LogP) is 2.86. The molecule has 2 amide bonds. The summed E-state index contributed by atoms with van der Waals surface area (Å²) in [6.07, 6.45) is 3.77. The summed E-state index contributed by atoms with van der Waals surface area (Å²) >= 11 is 0. The maximum atomic E-state index is 14.1. The lowest BCUT2D eigenvalue weighted by molar-refractivity contribution is -0.123. The number of allylic oxidation sites excluding steroid dienone is 6. The average Bonchev–Trinajstić information content (AvgIpc) is 3.25. The first-order chi connectivity index (χ1) is 20.2. The number of rotatable bonds is 3. The van der Waals surface area contributed by atoms with Gasteiger partial charge in [-0.3, -0.25) is 24.1 Å². The second kappa shape index (κ2) is 9.47. The number of fused-ring (bicyclic) bond motifs is 4. The minimum atomic E-state index is -1.76. The molecule has 4 atom stereocenters. The van der Waals surface area contributed by atoms with Crippen molar-refractivity contribution < 1.29 is 34.3 Å². The zero-order valence-electron chi connectivity index (χ0n) is 22.7. The molecule has 3 aliphatic carbocycles. The number of Topliss-reactive ketones (excluding diaryl/α,β-unsaturated/α-hetero) is 1. The average molecular weight is 559 g/mol. The summed E-state index contributed by atoms with van der Waals surface area (Å²) in [6.45, 7) is 1.61. The molecule has 4 aliphatic rings. The van der Waals surface area contributed by atoms with Gasteiger partial charge in [-0.2, -0.15) is 0 Å². The Kier molecular flexibility index (Phi) is 5.94. The van der Waals surface area contributed by atoms with E-state index < -0.39 is 36.7 Å². The highest BCUT2D eigenvalue weighted by Gasteiger charge is 2.56. The molecule has 3 N–H and O–H groups in total. The molecule has 0 saturated carbocycles. The molecule has 0 radical (unpaired) electrons. The van der Waals surface area contributed by atoms with Gasteiger partial charge in [0.15, 0.2) is 11.6 Å². The molecule has 3 aromatic rings. The monoisotopic (exact) mass is 559 g/mol. The van der Waals surface area contributed by atoms with Gasteiger partial charge in [0, 0.05) is 28.0 Å². The van der Waals surface area contributed by atoms with E-state index in [9.17, 15) is 34.3 Å². The van der Waals surface area contributed by atoms with Crippen LogP contribution in [0.2, 0.25) is 0 Å². The molecule has 3 aromatic carbocycles. The van der Waals surface area contributed by atoms with Crippen LogP contribution in [0.15, 0.2) is 95.1 Å². The van der Waals surface area contributed by atoms with Crippen LogP contribution < -0.4 is 10.4 Å². The first-order valence-corrected chi connectivity index (χ1v) is 13.9. The lowest BCUT2D eigenvalue weighted by Gasteiger charge is -2.42. The van der Waals surface area contributed by atoms with Crippen LogP contribution in [0.4, 0.5) is 5.69 Å². The van der Waals surface area contributed by atoms with E-state index in [1.807, 2.05) is 24.3 Å². The van der Waals surface area contributed by atoms with Crippen LogP contribution in [-0.4, -0.2) is 45.7 Å². The summed E-state index contributed by atoms with van der Waals surface area (Å²) in [5.74, 6) is -3.72. The third kappa shape index (κ3) is 3.70. The van der Waals surface area contributed by atoms with Gasteiger partial charge < -0.3 is 15.2 Å². The topological polar surface area (TPSA) is 132 Å². The maximum absolute atomic E-state index is 14.1. The predicted molar refractivity (Wildman–Crippen MR) is 156 cm³/mol. The third-order valence-electron chi connectivity index (χ3n) is 9.23. The van der Waals surface area contributed by atoms with E-state index in [1.54, 1.807) is 37.3 Å². The van der Waals surface area contributed by atoms with Crippen molar-refractivity contribution in [3.8, 4) is 5.75 Å². The Morgan fingerprint density at radius 1 is 0.881 bits per heavy atom. The number of phenolic OH excluding ortho intramolecular Hbond substituents is 1. The number of carbonyl (C=O) groups excluding carboxylic acids is 4.